The molecule has 4 rings (SSSR count). The van der Waals surface area contributed by atoms with Crippen LogP contribution in [0.15, 0.2) is 36.9 Å². The largest absolute Gasteiger partial charge is 0.493 e. The van der Waals surface area contributed by atoms with Crippen LogP contribution in [0.4, 0.5) is 0 Å². The highest BCUT2D eigenvalue weighted by atomic mass is 16.5. The van der Waals surface area contributed by atoms with Gasteiger partial charge in [0.25, 0.3) is 0 Å². The minimum absolute atomic E-state index is 0.0944. The van der Waals surface area contributed by atoms with E-state index < -0.39 is 11.9 Å². The van der Waals surface area contributed by atoms with Crippen molar-refractivity contribution in [1.82, 2.24) is 24.3 Å². The molecule has 1 fully saturated rings. The second-order valence-electron chi connectivity index (χ2n) is 10.9. The van der Waals surface area contributed by atoms with Gasteiger partial charge in [-0.05, 0) is 57.1 Å². The normalized spacial score (nSPS) is 21.0. The summed E-state index contributed by atoms with van der Waals surface area (Å²) in [4.78, 5) is 36.7. The minimum atomic E-state index is -0.800. The Bertz CT molecular complexity index is 1060. The Hall–Kier alpha value is -2.91. The lowest BCUT2D eigenvalue weighted by molar-refractivity contribution is -0.144. The number of likely N-dealkylation sites (tertiary alicyclic amines) is 1. The van der Waals surface area contributed by atoms with Crippen LogP contribution in [-0.2, 0) is 22.6 Å². The first-order chi connectivity index (χ1) is 18.4. The van der Waals surface area contributed by atoms with Gasteiger partial charge in [-0.15, -0.1) is 0 Å². The highest BCUT2D eigenvalue weighted by Crippen LogP contribution is 2.41. The van der Waals surface area contributed by atoms with Crippen LogP contribution in [0.5, 0.6) is 5.75 Å². The molecule has 1 aromatic carbocycles. The summed E-state index contributed by atoms with van der Waals surface area (Å²) in [6.45, 7) is 6.66. The Morgan fingerprint density at radius 2 is 2.00 bits per heavy atom. The summed E-state index contributed by atoms with van der Waals surface area (Å²) in [6.07, 6.45) is 9.80. The van der Waals surface area contributed by atoms with Gasteiger partial charge in [0.15, 0.2) is 0 Å². The molecule has 0 spiro atoms. The van der Waals surface area contributed by atoms with E-state index in [0.717, 1.165) is 62.2 Å². The van der Waals surface area contributed by atoms with Gasteiger partial charge in [-0.3, -0.25) is 14.5 Å². The fourth-order valence-corrected chi connectivity index (χ4v) is 5.89. The topological polar surface area (TPSA) is 91.1 Å². The van der Waals surface area contributed by atoms with E-state index in [2.05, 4.69) is 27.8 Å². The number of benzene rings is 1. The molecule has 3 atom stereocenters. The minimum Gasteiger partial charge on any atom is -0.493 e. The zero-order chi connectivity index (χ0) is 27.1. The third-order valence-electron chi connectivity index (χ3n) is 7.92. The molecule has 38 heavy (non-hydrogen) atoms. The van der Waals surface area contributed by atoms with E-state index in [0.29, 0.717) is 26.1 Å². The number of aromatic nitrogens is 2. The van der Waals surface area contributed by atoms with Crippen molar-refractivity contribution in [2.24, 2.45) is 5.92 Å². The second-order valence-corrected chi connectivity index (χ2v) is 10.9. The van der Waals surface area contributed by atoms with Crippen molar-refractivity contribution < 1.29 is 19.4 Å². The maximum absolute atomic E-state index is 13.6. The van der Waals surface area contributed by atoms with E-state index in [4.69, 9.17) is 4.74 Å². The number of carboxylic acid groups (broad SMARTS) is 1. The van der Waals surface area contributed by atoms with Crippen LogP contribution in [0.3, 0.4) is 0 Å². The second kappa shape index (κ2) is 13.2. The molecule has 0 aliphatic carbocycles. The standard InChI is InChI=1S/C29H43N5O4/c1-4-5-13-33(14-6-12-31(2)3)27(35)20-34-19-24(22-7-8-26-23(18-22)10-17-38-26)28(29(36)37)25(34)9-15-32-16-11-30-21-32/h7-8,11,16,18,21,24-25,28H,4-6,9-10,12-15,17,19-20H2,1-3H3,(H,36,37)/t24-,25+,28?/m1/s1. The molecule has 1 aromatic heterocycles. The van der Waals surface area contributed by atoms with E-state index >= 15 is 0 Å². The van der Waals surface area contributed by atoms with Gasteiger partial charge in [0.2, 0.25) is 5.91 Å². The van der Waals surface area contributed by atoms with Gasteiger partial charge >= 0.3 is 5.97 Å². The average molecular weight is 526 g/mol. The summed E-state index contributed by atoms with van der Waals surface area (Å²) < 4.78 is 7.66. The smallest absolute Gasteiger partial charge is 0.308 e. The Morgan fingerprint density at radius 1 is 1.18 bits per heavy atom. The molecule has 0 saturated carbocycles. The van der Waals surface area contributed by atoms with Gasteiger partial charge in [-0.2, -0.15) is 0 Å². The van der Waals surface area contributed by atoms with Crippen LogP contribution in [0.25, 0.3) is 0 Å². The Labute approximate surface area is 226 Å². The lowest BCUT2D eigenvalue weighted by atomic mass is 9.83. The third-order valence-corrected chi connectivity index (χ3v) is 7.92. The first kappa shape index (κ1) is 28.1. The summed E-state index contributed by atoms with van der Waals surface area (Å²) in [5.41, 5.74) is 2.17. The van der Waals surface area contributed by atoms with Crippen LogP contribution in [0.2, 0.25) is 0 Å². The van der Waals surface area contributed by atoms with Gasteiger partial charge < -0.3 is 24.2 Å². The summed E-state index contributed by atoms with van der Waals surface area (Å²) >= 11 is 0. The maximum Gasteiger partial charge on any atom is 0.308 e. The van der Waals surface area contributed by atoms with Gasteiger partial charge in [0.05, 0.1) is 25.4 Å². The number of aliphatic carboxylic acids is 1. The van der Waals surface area contributed by atoms with Crippen molar-refractivity contribution in [3.8, 4) is 5.75 Å². The van der Waals surface area contributed by atoms with Gasteiger partial charge in [-0.1, -0.05) is 25.5 Å². The molecule has 2 aliphatic heterocycles. The number of carbonyl (C=O) groups excluding carboxylic acids is 1. The predicted molar refractivity (Wildman–Crippen MR) is 146 cm³/mol. The third kappa shape index (κ3) is 6.94. The van der Waals surface area contributed by atoms with Crippen LogP contribution in [0, 0.1) is 5.92 Å². The molecule has 1 unspecified atom stereocenters. The summed E-state index contributed by atoms with van der Waals surface area (Å²) in [6, 6.07) is 5.86. The maximum atomic E-state index is 13.6. The molecule has 2 aliphatic rings. The molecule has 1 amide bonds. The number of unbranched alkanes of at least 4 members (excludes halogenated alkanes) is 1. The molecular formula is C29H43N5O4. The number of rotatable bonds is 14. The number of hydrogen-bond donors (Lipinski definition) is 1. The lowest BCUT2D eigenvalue weighted by Gasteiger charge is -2.30. The lowest BCUT2D eigenvalue weighted by Crippen LogP contribution is -2.45. The fourth-order valence-electron chi connectivity index (χ4n) is 5.89. The van der Waals surface area contributed by atoms with Crippen LogP contribution in [-0.4, -0.2) is 101 Å². The zero-order valence-electron chi connectivity index (χ0n) is 23.1. The Kier molecular flexibility index (Phi) is 9.80. The van der Waals surface area contributed by atoms with Crippen LogP contribution < -0.4 is 4.74 Å². The zero-order valence-corrected chi connectivity index (χ0v) is 23.1. The Morgan fingerprint density at radius 3 is 2.71 bits per heavy atom. The number of nitrogens with zero attached hydrogens (tertiary/aromatic N) is 5. The molecule has 9 nitrogen and oxygen atoms in total. The van der Waals surface area contributed by atoms with Crippen LogP contribution in [0.1, 0.15) is 49.7 Å². The summed E-state index contributed by atoms with van der Waals surface area (Å²) in [5.74, 6) is -0.587. The number of ether oxygens (including phenoxy) is 1. The van der Waals surface area contributed by atoms with E-state index in [-0.39, 0.29) is 24.4 Å². The number of amides is 1. The average Bonchev–Trinajstić information content (AvgIpc) is 3.64. The van der Waals surface area contributed by atoms with Crippen molar-refractivity contribution in [1.29, 1.82) is 0 Å². The molecule has 1 N–H and O–H groups in total. The summed E-state index contributed by atoms with van der Waals surface area (Å²) in [5, 5.41) is 10.4. The highest BCUT2D eigenvalue weighted by molar-refractivity contribution is 5.79. The number of imidazole rings is 1. The van der Waals surface area contributed by atoms with Crippen molar-refractivity contribution in [3.63, 3.8) is 0 Å². The monoisotopic (exact) mass is 525 g/mol. The molecule has 1 saturated heterocycles. The fraction of sp³-hybridized carbons (Fsp3) is 0.621. The molecular weight excluding hydrogens is 482 g/mol. The number of carboxylic acids is 1. The van der Waals surface area contributed by atoms with E-state index in [9.17, 15) is 14.7 Å². The van der Waals surface area contributed by atoms with E-state index in [1.807, 2.05) is 41.9 Å². The molecule has 0 bridgehead atoms. The first-order valence-electron chi connectivity index (χ1n) is 14.0. The van der Waals surface area contributed by atoms with Crippen molar-refractivity contribution >= 4 is 11.9 Å². The number of aryl methyl sites for hydroxylation is 1. The highest BCUT2D eigenvalue weighted by Gasteiger charge is 2.47. The first-order valence-corrected chi connectivity index (χ1v) is 14.0. The quantitative estimate of drug-likeness (QED) is 0.406. The van der Waals surface area contributed by atoms with E-state index in [1.165, 1.54) is 0 Å². The van der Waals surface area contributed by atoms with Crippen molar-refractivity contribution in [3.05, 3.63) is 48.0 Å². The van der Waals surface area contributed by atoms with Crippen LogP contribution >= 0.6 is 0 Å². The molecule has 2 aromatic rings. The van der Waals surface area contributed by atoms with Crippen molar-refractivity contribution in [2.45, 2.75) is 57.5 Å². The molecule has 3 heterocycles. The van der Waals surface area contributed by atoms with Gasteiger partial charge in [0, 0.05) is 57.0 Å². The van der Waals surface area contributed by atoms with Gasteiger partial charge in [0.1, 0.15) is 5.75 Å². The summed E-state index contributed by atoms with van der Waals surface area (Å²) in [7, 11) is 4.09. The molecule has 208 valence electrons. The number of hydrogen-bond acceptors (Lipinski definition) is 6. The van der Waals surface area contributed by atoms with Gasteiger partial charge in [-0.25, -0.2) is 4.98 Å². The number of carbonyl (C=O) groups is 2. The predicted octanol–water partition coefficient (Wildman–Crippen LogP) is 2.96. The molecule has 0 radical (unpaired) electrons. The molecule has 9 heteroatoms. The van der Waals surface area contributed by atoms with E-state index in [1.54, 1.807) is 12.5 Å². The number of fused-ring (bicyclic) bond motifs is 1. The SMILES string of the molecule is CCCCN(CCCN(C)C)C(=O)CN1C[C@H](c2ccc3c(c2)CCO3)C(C(=O)O)[C@@H]1CCn1ccnc1. The van der Waals surface area contributed by atoms with Crippen molar-refractivity contribution in [2.75, 3.05) is 53.4 Å². The Balaban J connectivity index is 1.55.